The highest BCUT2D eigenvalue weighted by molar-refractivity contribution is 7.87. The van der Waals surface area contributed by atoms with Crippen molar-refractivity contribution in [2.24, 2.45) is 0 Å². The van der Waals surface area contributed by atoms with Gasteiger partial charge in [-0.2, -0.15) is 8.42 Å². The molecule has 0 bridgehead atoms. The van der Waals surface area contributed by atoms with Gasteiger partial charge in [-0.1, -0.05) is 6.92 Å². The highest BCUT2D eigenvalue weighted by atomic mass is 32.2. The third kappa shape index (κ3) is 4.49. The van der Waals surface area contributed by atoms with Gasteiger partial charge >= 0.3 is 10.3 Å². The van der Waals surface area contributed by atoms with Crippen LogP contribution >= 0.6 is 0 Å². The molecule has 7 nitrogen and oxygen atoms in total. The predicted molar refractivity (Wildman–Crippen MR) is 86.9 cm³/mol. The van der Waals surface area contributed by atoms with E-state index in [1.165, 1.54) is 12.5 Å². The number of hydrogen-bond acceptors (Lipinski definition) is 5. The SMILES string of the molecule is CCN1CCCC1CNc1cc(NS(=O)(=O)O)ccc1OC. The average molecular weight is 329 g/mol. The molecule has 124 valence electrons. The maximum atomic E-state index is 10.9. The Balaban J connectivity index is 2.09. The molecule has 1 aromatic rings. The highest BCUT2D eigenvalue weighted by Gasteiger charge is 2.22. The fourth-order valence-corrected chi connectivity index (χ4v) is 3.25. The number of hydrogen-bond donors (Lipinski definition) is 3. The molecule has 2 rings (SSSR count). The Bertz CT molecular complexity index is 606. The molecule has 1 atom stereocenters. The molecule has 3 N–H and O–H groups in total. The molecule has 1 saturated heterocycles. The number of ether oxygens (including phenoxy) is 1. The van der Waals surface area contributed by atoms with Crippen LogP contribution in [0.25, 0.3) is 0 Å². The van der Waals surface area contributed by atoms with E-state index in [1.54, 1.807) is 19.2 Å². The number of likely N-dealkylation sites (tertiary alicyclic amines) is 1. The van der Waals surface area contributed by atoms with Crippen LogP contribution in [-0.4, -0.2) is 50.7 Å². The number of nitrogens with one attached hydrogen (secondary N) is 2. The summed E-state index contributed by atoms with van der Waals surface area (Å²) in [5.41, 5.74) is 0.976. The molecule has 22 heavy (non-hydrogen) atoms. The van der Waals surface area contributed by atoms with Gasteiger partial charge < -0.3 is 10.1 Å². The van der Waals surface area contributed by atoms with E-state index in [0.29, 0.717) is 17.5 Å². The molecule has 0 aliphatic carbocycles. The Labute approximate surface area is 131 Å². The molecule has 1 aliphatic heterocycles. The molecule has 1 aliphatic rings. The summed E-state index contributed by atoms with van der Waals surface area (Å²) in [4.78, 5) is 2.42. The summed E-state index contributed by atoms with van der Waals surface area (Å²) in [5, 5.41) is 3.31. The normalized spacial score (nSPS) is 19.1. The first-order valence-corrected chi connectivity index (χ1v) is 8.78. The second-order valence-corrected chi connectivity index (χ2v) is 6.45. The van der Waals surface area contributed by atoms with Crippen LogP contribution in [0.2, 0.25) is 0 Å². The lowest BCUT2D eigenvalue weighted by Gasteiger charge is -2.24. The zero-order valence-corrected chi connectivity index (χ0v) is 13.7. The maximum Gasteiger partial charge on any atom is 0.357 e. The highest BCUT2D eigenvalue weighted by Crippen LogP contribution is 2.29. The lowest BCUT2D eigenvalue weighted by atomic mass is 10.2. The largest absolute Gasteiger partial charge is 0.495 e. The van der Waals surface area contributed by atoms with E-state index >= 15 is 0 Å². The van der Waals surface area contributed by atoms with E-state index in [-0.39, 0.29) is 5.69 Å². The van der Waals surface area contributed by atoms with E-state index in [9.17, 15) is 8.42 Å². The molecule has 8 heteroatoms. The van der Waals surface area contributed by atoms with Gasteiger partial charge in [0.15, 0.2) is 0 Å². The average Bonchev–Trinajstić information content (AvgIpc) is 2.91. The first-order chi connectivity index (χ1) is 10.4. The van der Waals surface area contributed by atoms with Crippen molar-refractivity contribution in [3.05, 3.63) is 18.2 Å². The third-order valence-corrected chi connectivity index (χ3v) is 4.37. The number of likely N-dealkylation sites (N-methyl/N-ethyl adjacent to an activating group) is 1. The van der Waals surface area contributed by atoms with Crippen LogP contribution in [0.15, 0.2) is 18.2 Å². The van der Waals surface area contributed by atoms with Crippen LogP contribution < -0.4 is 14.8 Å². The van der Waals surface area contributed by atoms with Gasteiger partial charge in [0.25, 0.3) is 0 Å². The summed E-state index contributed by atoms with van der Waals surface area (Å²) in [5.74, 6) is 0.627. The van der Waals surface area contributed by atoms with Gasteiger partial charge in [-0.25, -0.2) is 0 Å². The van der Waals surface area contributed by atoms with Crippen molar-refractivity contribution < 1.29 is 17.7 Å². The Morgan fingerprint density at radius 2 is 2.23 bits per heavy atom. The van der Waals surface area contributed by atoms with Crippen LogP contribution in [0.3, 0.4) is 0 Å². The van der Waals surface area contributed by atoms with Gasteiger partial charge in [0, 0.05) is 12.6 Å². The quantitative estimate of drug-likeness (QED) is 0.661. The molecular formula is C14H23N3O4S. The zero-order valence-electron chi connectivity index (χ0n) is 12.9. The second-order valence-electron chi connectivity index (χ2n) is 5.30. The summed E-state index contributed by atoms with van der Waals surface area (Å²) in [6.07, 6.45) is 2.34. The minimum atomic E-state index is -4.28. The molecule has 0 saturated carbocycles. The van der Waals surface area contributed by atoms with Crippen LogP contribution in [0.4, 0.5) is 11.4 Å². The van der Waals surface area contributed by atoms with Gasteiger partial charge in [0.2, 0.25) is 0 Å². The molecule has 0 amide bonds. The summed E-state index contributed by atoms with van der Waals surface area (Å²) < 4.78 is 38.0. The Morgan fingerprint density at radius 3 is 2.86 bits per heavy atom. The van der Waals surface area contributed by atoms with E-state index < -0.39 is 10.3 Å². The van der Waals surface area contributed by atoms with Crippen LogP contribution in [0.1, 0.15) is 19.8 Å². The minimum Gasteiger partial charge on any atom is -0.495 e. The van der Waals surface area contributed by atoms with E-state index in [2.05, 4.69) is 17.1 Å². The van der Waals surface area contributed by atoms with Crippen molar-refractivity contribution >= 4 is 21.7 Å². The fraction of sp³-hybridized carbons (Fsp3) is 0.571. The molecule has 1 heterocycles. The first kappa shape index (κ1) is 16.9. The van der Waals surface area contributed by atoms with Crippen LogP contribution in [-0.2, 0) is 10.3 Å². The molecule has 0 aromatic heterocycles. The molecule has 1 fully saturated rings. The van der Waals surface area contributed by atoms with Gasteiger partial charge in [0.1, 0.15) is 5.75 Å². The molecule has 0 spiro atoms. The van der Waals surface area contributed by atoms with Gasteiger partial charge in [0.05, 0.1) is 18.5 Å². The third-order valence-electron chi connectivity index (χ3n) is 3.88. The smallest absolute Gasteiger partial charge is 0.357 e. The summed E-state index contributed by atoms with van der Waals surface area (Å²) in [6.45, 7) is 5.05. The molecule has 0 radical (unpaired) electrons. The lowest BCUT2D eigenvalue weighted by Crippen LogP contribution is -2.34. The van der Waals surface area contributed by atoms with Crippen molar-refractivity contribution in [3.63, 3.8) is 0 Å². The topological polar surface area (TPSA) is 90.9 Å². The number of nitrogens with zero attached hydrogens (tertiary/aromatic N) is 1. The summed E-state index contributed by atoms with van der Waals surface area (Å²) in [7, 11) is -2.72. The molecule has 1 unspecified atom stereocenters. The van der Waals surface area contributed by atoms with Gasteiger partial charge in [-0.3, -0.25) is 14.2 Å². The van der Waals surface area contributed by atoms with Crippen molar-refractivity contribution in [2.75, 3.05) is 36.8 Å². The number of anilines is 2. The fourth-order valence-electron chi connectivity index (χ4n) is 2.83. The second kappa shape index (κ2) is 7.17. The van der Waals surface area contributed by atoms with E-state index in [4.69, 9.17) is 9.29 Å². The lowest BCUT2D eigenvalue weighted by molar-refractivity contribution is 0.277. The first-order valence-electron chi connectivity index (χ1n) is 7.34. The number of methoxy groups -OCH3 is 1. The van der Waals surface area contributed by atoms with E-state index in [1.807, 2.05) is 4.72 Å². The van der Waals surface area contributed by atoms with Crippen LogP contribution in [0, 0.1) is 0 Å². The number of rotatable bonds is 7. The van der Waals surface area contributed by atoms with Gasteiger partial charge in [-0.05, 0) is 44.1 Å². The van der Waals surface area contributed by atoms with Crippen molar-refractivity contribution in [3.8, 4) is 5.75 Å². The van der Waals surface area contributed by atoms with Crippen molar-refractivity contribution in [1.29, 1.82) is 0 Å². The predicted octanol–water partition coefficient (Wildman–Crippen LogP) is 1.81. The Kier molecular flexibility index (Phi) is 5.49. The maximum absolute atomic E-state index is 10.9. The Morgan fingerprint density at radius 1 is 1.45 bits per heavy atom. The monoisotopic (exact) mass is 329 g/mol. The Hall–Kier alpha value is -1.51. The van der Waals surface area contributed by atoms with Gasteiger partial charge in [-0.15, -0.1) is 0 Å². The standard InChI is InChI=1S/C14H23N3O4S/c1-3-17-8-4-5-12(17)10-15-13-9-11(16-22(18,19)20)6-7-14(13)21-2/h6-7,9,12,15-16H,3-5,8,10H2,1-2H3,(H,18,19,20). The summed E-state index contributed by atoms with van der Waals surface area (Å²) in [6, 6.07) is 5.26. The molecular weight excluding hydrogens is 306 g/mol. The molecule has 1 aromatic carbocycles. The summed E-state index contributed by atoms with van der Waals surface area (Å²) >= 11 is 0. The van der Waals surface area contributed by atoms with Crippen molar-refractivity contribution in [2.45, 2.75) is 25.8 Å². The minimum absolute atomic E-state index is 0.282. The van der Waals surface area contributed by atoms with Crippen molar-refractivity contribution in [1.82, 2.24) is 4.90 Å². The van der Waals surface area contributed by atoms with E-state index in [0.717, 1.165) is 26.1 Å². The van der Waals surface area contributed by atoms with Crippen LogP contribution in [0.5, 0.6) is 5.75 Å². The number of benzene rings is 1. The zero-order chi connectivity index (χ0) is 16.2.